The van der Waals surface area contributed by atoms with E-state index in [1.54, 1.807) is 4.90 Å². The van der Waals surface area contributed by atoms with Gasteiger partial charge in [0.25, 0.3) is 5.91 Å². The number of urea groups is 1. The zero-order valence-electron chi connectivity index (χ0n) is 18.8. The average molecular weight is 427 g/mol. The lowest BCUT2D eigenvalue weighted by atomic mass is 9.53. The average Bonchev–Trinajstić information content (AvgIpc) is 2.73. The van der Waals surface area contributed by atoms with Gasteiger partial charge < -0.3 is 15.1 Å². The maximum absolute atomic E-state index is 12.8. The van der Waals surface area contributed by atoms with Crippen molar-refractivity contribution in [3.8, 4) is 0 Å². The molecule has 1 saturated heterocycles. The van der Waals surface area contributed by atoms with Crippen molar-refractivity contribution in [3.63, 3.8) is 0 Å². The lowest BCUT2D eigenvalue weighted by Crippen LogP contribution is -3.29. The minimum absolute atomic E-state index is 0.0539. The molecule has 4 N–H and O–H groups in total. The van der Waals surface area contributed by atoms with Crippen LogP contribution in [0.25, 0.3) is 0 Å². The van der Waals surface area contributed by atoms with Crippen LogP contribution in [0.4, 0.5) is 4.79 Å². The van der Waals surface area contributed by atoms with E-state index in [-0.39, 0.29) is 23.5 Å². The second-order valence-corrected chi connectivity index (χ2v) is 10.9. The molecule has 1 aromatic rings. The number of piperazine rings is 1. The summed E-state index contributed by atoms with van der Waals surface area (Å²) in [5.74, 6) is 2.20. The molecular formula is C25H38N4O2+2. The van der Waals surface area contributed by atoms with Crippen LogP contribution in [-0.4, -0.2) is 49.7 Å². The Morgan fingerprint density at radius 1 is 0.968 bits per heavy atom. The first-order valence-corrected chi connectivity index (χ1v) is 12.3. The third-order valence-electron chi connectivity index (χ3n) is 8.56. The maximum Gasteiger partial charge on any atom is 0.322 e. The first kappa shape index (κ1) is 21.0. The fraction of sp³-hybridized carbons (Fsp3) is 0.680. The summed E-state index contributed by atoms with van der Waals surface area (Å²) in [6.45, 7) is 7.05. The van der Waals surface area contributed by atoms with Crippen molar-refractivity contribution in [1.29, 1.82) is 0 Å². The number of hydrogen-bond acceptors (Lipinski definition) is 2. The number of imide groups is 1. The highest BCUT2D eigenvalue weighted by Gasteiger charge is 2.51. The Balaban J connectivity index is 1.09. The lowest BCUT2D eigenvalue weighted by Gasteiger charge is -2.56. The van der Waals surface area contributed by atoms with E-state index in [1.807, 2.05) is 6.92 Å². The van der Waals surface area contributed by atoms with Crippen LogP contribution < -0.4 is 20.4 Å². The molecule has 6 heteroatoms. The van der Waals surface area contributed by atoms with Crippen molar-refractivity contribution in [2.75, 3.05) is 26.2 Å². The molecule has 0 radical (unpaired) electrons. The Labute approximate surface area is 185 Å². The number of hydrogen-bond donors (Lipinski definition) is 4. The summed E-state index contributed by atoms with van der Waals surface area (Å²) >= 11 is 0. The van der Waals surface area contributed by atoms with Gasteiger partial charge in [0, 0.05) is 11.1 Å². The molecule has 1 atom stereocenters. The molecule has 0 aromatic heterocycles. The largest absolute Gasteiger partial charge is 0.332 e. The Kier molecular flexibility index (Phi) is 5.78. The van der Waals surface area contributed by atoms with Crippen molar-refractivity contribution >= 4 is 11.9 Å². The molecule has 0 spiro atoms. The van der Waals surface area contributed by atoms with Crippen LogP contribution in [-0.2, 0) is 11.3 Å². The van der Waals surface area contributed by atoms with Crippen LogP contribution in [0.1, 0.15) is 51.0 Å². The van der Waals surface area contributed by atoms with Crippen LogP contribution in [0.2, 0.25) is 0 Å². The quantitative estimate of drug-likeness (QED) is 0.542. The Morgan fingerprint density at radius 3 is 2.13 bits per heavy atom. The van der Waals surface area contributed by atoms with Gasteiger partial charge in [-0.2, -0.15) is 0 Å². The number of rotatable bonds is 5. The molecule has 5 aliphatic rings. The fourth-order valence-corrected chi connectivity index (χ4v) is 7.36. The van der Waals surface area contributed by atoms with Crippen molar-refractivity contribution < 1.29 is 19.4 Å². The zero-order valence-corrected chi connectivity index (χ0v) is 18.8. The van der Waals surface area contributed by atoms with Crippen LogP contribution in [0.5, 0.6) is 0 Å². The lowest BCUT2D eigenvalue weighted by molar-refractivity contribution is -1.02. The predicted molar refractivity (Wildman–Crippen MR) is 119 cm³/mol. The number of nitrogens with one attached hydrogen (secondary N) is 4. The van der Waals surface area contributed by atoms with E-state index in [2.05, 4.69) is 41.0 Å². The predicted octanol–water partition coefficient (Wildman–Crippen LogP) is 0.153. The van der Waals surface area contributed by atoms with Gasteiger partial charge >= 0.3 is 6.03 Å². The van der Waals surface area contributed by atoms with Crippen molar-refractivity contribution in [2.45, 2.75) is 63.6 Å². The number of carbonyl (C=O) groups excluding carboxylic acids is 2. The molecule has 6 rings (SSSR count). The van der Waals surface area contributed by atoms with E-state index in [0.717, 1.165) is 69.7 Å². The first-order chi connectivity index (χ1) is 15.0. The van der Waals surface area contributed by atoms with Gasteiger partial charge in [-0.05, 0) is 63.2 Å². The van der Waals surface area contributed by atoms with Gasteiger partial charge in [-0.1, -0.05) is 30.3 Å². The summed E-state index contributed by atoms with van der Waals surface area (Å²) in [4.78, 5) is 28.4. The summed E-state index contributed by atoms with van der Waals surface area (Å²) in [5, 5.41) is 5.95. The Bertz CT molecular complexity index is 768. The van der Waals surface area contributed by atoms with Gasteiger partial charge in [-0.15, -0.1) is 0 Å². The van der Waals surface area contributed by atoms with E-state index in [4.69, 9.17) is 0 Å². The SMILES string of the molecule is C[C@@H](C(=O)NC(=O)NC12CC3CC(CC(C3)C1)C2)[NH+]1CC[NH+](Cc2ccccc2)CC1. The second kappa shape index (κ2) is 8.55. The summed E-state index contributed by atoms with van der Waals surface area (Å²) < 4.78 is 0. The van der Waals surface area contributed by atoms with E-state index < -0.39 is 0 Å². The topological polar surface area (TPSA) is 67.1 Å². The molecule has 4 saturated carbocycles. The minimum atomic E-state index is -0.272. The molecule has 5 fully saturated rings. The van der Waals surface area contributed by atoms with Gasteiger partial charge in [-0.25, -0.2) is 4.79 Å². The minimum Gasteiger partial charge on any atom is -0.332 e. The van der Waals surface area contributed by atoms with Crippen molar-refractivity contribution in [1.82, 2.24) is 10.6 Å². The van der Waals surface area contributed by atoms with Crippen molar-refractivity contribution in [2.24, 2.45) is 17.8 Å². The van der Waals surface area contributed by atoms with Crippen LogP contribution >= 0.6 is 0 Å². The maximum atomic E-state index is 12.8. The Morgan fingerprint density at radius 2 is 1.55 bits per heavy atom. The van der Waals surface area contributed by atoms with Gasteiger partial charge in [0.05, 0.1) is 0 Å². The number of benzene rings is 1. The van der Waals surface area contributed by atoms with Gasteiger partial charge in [0.15, 0.2) is 6.04 Å². The molecule has 1 aromatic carbocycles. The number of quaternary nitrogens is 2. The number of amides is 3. The monoisotopic (exact) mass is 426 g/mol. The molecule has 1 heterocycles. The summed E-state index contributed by atoms with van der Waals surface area (Å²) in [7, 11) is 0. The van der Waals surface area contributed by atoms with Crippen molar-refractivity contribution in [3.05, 3.63) is 35.9 Å². The Hall–Kier alpha value is -1.92. The highest BCUT2D eigenvalue weighted by Crippen LogP contribution is 2.55. The van der Waals surface area contributed by atoms with Crippen LogP contribution in [0.15, 0.2) is 30.3 Å². The molecule has 4 aliphatic carbocycles. The van der Waals surface area contributed by atoms with E-state index in [0.29, 0.717) is 0 Å². The van der Waals surface area contributed by atoms with Gasteiger partial charge in [-0.3, -0.25) is 10.1 Å². The fourth-order valence-electron chi connectivity index (χ4n) is 7.36. The second-order valence-electron chi connectivity index (χ2n) is 10.9. The molecule has 31 heavy (non-hydrogen) atoms. The molecule has 1 aliphatic heterocycles. The smallest absolute Gasteiger partial charge is 0.322 e. The standard InChI is InChI=1S/C25H36N4O2/c1-18(29-9-7-28(8-10-29)17-19-5-3-2-4-6-19)23(30)26-24(31)27-25-14-20-11-21(15-25)13-22(12-20)16-25/h2-6,18,20-22H,7-17H2,1H3,(H2,26,27,30,31)/p+2/t18-,20?,21?,22?,25?/m0/s1. The molecular weight excluding hydrogens is 388 g/mol. The third kappa shape index (κ3) is 4.65. The first-order valence-electron chi connectivity index (χ1n) is 12.3. The summed E-state index contributed by atoms with van der Waals surface area (Å²) in [6.07, 6.45) is 7.36. The van der Waals surface area contributed by atoms with Crippen LogP contribution in [0.3, 0.4) is 0 Å². The van der Waals surface area contributed by atoms with E-state index in [1.165, 1.54) is 29.7 Å². The van der Waals surface area contributed by atoms with Gasteiger partial charge in [0.1, 0.15) is 32.7 Å². The number of carbonyl (C=O) groups is 2. The molecule has 4 bridgehead atoms. The van der Waals surface area contributed by atoms with E-state index in [9.17, 15) is 9.59 Å². The molecule has 168 valence electrons. The van der Waals surface area contributed by atoms with Gasteiger partial charge in [0.2, 0.25) is 0 Å². The zero-order chi connectivity index (χ0) is 21.4. The molecule has 0 unspecified atom stereocenters. The highest BCUT2D eigenvalue weighted by molar-refractivity contribution is 5.96. The highest BCUT2D eigenvalue weighted by atomic mass is 16.2. The third-order valence-corrected chi connectivity index (χ3v) is 8.56. The normalized spacial score (nSPS) is 37.3. The molecule has 6 nitrogen and oxygen atoms in total. The van der Waals surface area contributed by atoms with E-state index >= 15 is 0 Å². The summed E-state index contributed by atoms with van der Waals surface area (Å²) in [6, 6.07) is 10.1. The van der Waals surface area contributed by atoms with Crippen LogP contribution in [0, 0.1) is 17.8 Å². The summed E-state index contributed by atoms with van der Waals surface area (Å²) in [5.41, 5.74) is 1.31. The molecule has 3 amide bonds.